The van der Waals surface area contributed by atoms with Gasteiger partial charge in [0.25, 0.3) is 0 Å². The number of hydrogen-bond acceptors (Lipinski definition) is 2. The van der Waals surface area contributed by atoms with Gasteiger partial charge in [-0.3, -0.25) is 9.59 Å². The summed E-state index contributed by atoms with van der Waals surface area (Å²) >= 11 is 12.4. The molecule has 4 nitrogen and oxygen atoms in total. The van der Waals surface area contributed by atoms with Crippen molar-refractivity contribution in [2.45, 2.75) is 58.7 Å². The molecule has 0 aromatic heterocycles. The maximum atomic E-state index is 13.8. The summed E-state index contributed by atoms with van der Waals surface area (Å²) in [6.45, 7) is 8.13. The van der Waals surface area contributed by atoms with E-state index in [1.165, 1.54) is 0 Å². The summed E-state index contributed by atoms with van der Waals surface area (Å²) < 4.78 is 0. The van der Waals surface area contributed by atoms with Gasteiger partial charge in [-0.05, 0) is 62.1 Å². The van der Waals surface area contributed by atoms with Crippen molar-refractivity contribution in [2.75, 3.05) is 0 Å². The van der Waals surface area contributed by atoms with Gasteiger partial charge in [-0.25, -0.2) is 0 Å². The molecule has 3 rings (SSSR count). The summed E-state index contributed by atoms with van der Waals surface area (Å²) in [6.07, 6.45) is 0.463. The SMILES string of the molecule is Cc1ccccc1CN(C(=O)Cc1ccc(Cl)cc1Cl)C(Cc1ccccc1)C(=O)NC(C)(C)C. The molecular weight excluding hydrogens is 479 g/mol. The van der Waals surface area contributed by atoms with E-state index in [1.54, 1.807) is 23.1 Å². The number of amides is 2. The van der Waals surface area contributed by atoms with Crippen LogP contribution in [0.1, 0.15) is 43.0 Å². The second-order valence-electron chi connectivity index (χ2n) is 9.81. The molecule has 0 saturated heterocycles. The Kier molecular flexibility index (Phi) is 8.98. The Hall–Kier alpha value is -2.82. The third kappa shape index (κ3) is 7.84. The molecule has 0 heterocycles. The molecule has 0 aliphatic heterocycles. The molecule has 6 heteroatoms. The highest BCUT2D eigenvalue weighted by molar-refractivity contribution is 6.35. The van der Waals surface area contributed by atoms with Crippen molar-refractivity contribution < 1.29 is 9.59 Å². The van der Waals surface area contributed by atoms with Crippen molar-refractivity contribution in [1.82, 2.24) is 10.2 Å². The standard InChI is InChI=1S/C29H32Cl2N2O2/c1-20-10-8-9-13-23(20)19-33(27(34)17-22-14-15-24(30)18-25(22)31)26(28(35)32-29(2,3)4)16-21-11-6-5-7-12-21/h5-15,18,26H,16-17,19H2,1-4H3,(H,32,35). The first-order chi connectivity index (χ1) is 16.5. The fourth-order valence-electron chi connectivity index (χ4n) is 3.91. The molecular formula is C29H32Cl2N2O2. The van der Waals surface area contributed by atoms with E-state index in [-0.39, 0.29) is 18.2 Å². The Morgan fingerprint density at radius 1 is 0.914 bits per heavy atom. The average molecular weight is 511 g/mol. The number of carbonyl (C=O) groups excluding carboxylic acids is 2. The van der Waals surface area contributed by atoms with Crippen molar-refractivity contribution >= 4 is 35.0 Å². The van der Waals surface area contributed by atoms with E-state index in [1.807, 2.05) is 82.3 Å². The van der Waals surface area contributed by atoms with Crippen molar-refractivity contribution in [2.24, 2.45) is 0 Å². The zero-order chi connectivity index (χ0) is 25.6. The number of rotatable bonds is 8. The first-order valence-corrected chi connectivity index (χ1v) is 12.4. The molecule has 3 aromatic rings. The minimum absolute atomic E-state index is 0.0654. The third-order valence-corrected chi connectivity index (χ3v) is 6.31. The Morgan fingerprint density at radius 3 is 2.20 bits per heavy atom. The van der Waals surface area contributed by atoms with Gasteiger partial charge in [-0.15, -0.1) is 0 Å². The van der Waals surface area contributed by atoms with Crippen LogP contribution in [0.3, 0.4) is 0 Å². The first-order valence-electron chi connectivity index (χ1n) is 11.7. The minimum Gasteiger partial charge on any atom is -0.350 e. The zero-order valence-corrected chi connectivity index (χ0v) is 22.2. The molecule has 35 heavy (non-hydrogen) atoms. The largest absolute Gasteiger partial charge is 0.350 e. The van der Waals surface area contributed by atoms with Crippen molar-refractivity contribution in [3.8, 4) is 0 Å². The lowest BCUT2D eigenvalue weighted by molar-refractivity contribution is -0.141. The van der Waals surface area contributed by atoms with E-state index in [0.29, 0.717) is 28.6 Å². The summed E-state index contributed by atoms with van der Waals surface area (Å²) in [6, 6.07) is 22.1. The maximum Gasteiger partial charge on any atom is 0.243 e. The van der Waals surface area contributed by atoms with E-state index in [9.17, 15) is 9.59 Å². The molecule has 0 spiro atoms. The molecule has 1 N–H and O–H groups in total. The van der Waals surface area contributed by atoms with Gasteiger partial charge in [0.05, 0.1) is 6.42 Å². The van der Waals surface area contributed by atoms with E-state index in [4.69, 9.17) is 23.2 Å². The quantitative estimate of drug-likeness (QED) is 0.381. The van der Waals surface area contributed by atoms with Crippen LogP contribution in [0, 0.1) is 6.92 Å². The van der Waals surface area contributed by atoms with Gasteiger partial charge in [0.15, 0.2) is 0 Å². The van der Waals surface area contributed by atoms with Crippen LogP contribution in [-0.4, -0.2) is 28.3 Å². The third-order valence-electron chi connectivity index (χ3n) is 5.73. The maximum absolute atomic E-state index is 13.8. The van der Waals surface area contributed by atoms with Crippen LogP contribution in [0.15, 0.2) is 72.8 Å². The highest BCUT2D eigenvalue weighted by Crippen LogP contribution is 2.24. The first kappa shape index (κ1) is 26.8. The molecule has 1 atom stereocenters. The topological polar surface area (TPSA) is 49.4 Å². The summed E-state index contributed by atoms with van der Waals surface area (Å²) in [4.78, 5) is 29.1. The molecule has 0 saturated carbocycles. The molecule has 0 aliphatic carbocycles. The number of nitrogens with one attached hydrogen (secondary N) is 1. The highest BCUT2D eigenvalue weighted by atomic mass is 35.5. The lowest BCUT2D eigenvalue weighted by Crippen LogP contribution is -2.54. The van der Waals surface area contributed by atoms with Crippen LogP contribution >= 0.6 is 23.2 Å². The molecule has 184 valence electrons. The predicted molar refractivity (Wildman–Crippen MR) is 144 cm³/mol. The van der Waals surface area contributed by atoms with E-state index in [0.717, 1.165) is 16.7 Å². The Labute approximate surface area is 218 Å². The number of carbonyl (C=O) groups is 2. The summed E-state index contributed by atoms with van der Waals surface area (Å²) in [7, 11) is 0. The van der Waals surface area contributed by atoms with Gasteiger partial charge in [-0.2, -0.15) is 0 Å². The predicted octanol–water partition coefficient (Wildman–Crippen LogP) is 6.40. The van der Waals surface area contributed by atoms with Crippen molar-refractivity contribution in [1.29, 1.82) is 0 Å². The fraction of sp³-hybridized carbons (Fsp3) is 0.310. The van der Waals surface area contributed by atoms with E-state index in [2.05, 4.69) is 5.32 Å². The molecule has 0 fully saturated rings. The normalized spacial score (nSPS) is 12.2. The molecule has 2 amide bonds. The Morgan fingerprint density at radius 2 is 1.57 bits per heavy atom. The number of benzene rings is 3. The lowest BCUT2D eigenvalue weighted by atomic mass is 9.99. The second-order valence-corrected chi connectivity index (χ2v) is 10.6. The Bertz CT molecular complexity index is 1170. The molecule has 0 bridgehead atoms. The van der Waals surface area contributed by atoms with Crippen LogP contribution in [0.4, 0.5) is 0 Å². The van der Waals surface area contributed by atoms with Crippen LogP contribution in [-0.2, 0) is 29.0 Å². The molecule has 0 aliphatic rings. The molecule has 3 aromatic carbocycles. The van der Waals surface area contributed by atoms with E-state index >= 15 is 0 Å². The molecule has 1 unspecified atom stereocenters. The van der Waals surface area contributed by atoms with Crippen molar-refractivity contribution in [3.05, 3.63) is 105 Å². The second kappa shape index (κ2) is 11.7. The smallest absolute Gasteiger partial charge is 0.243 e. The zero-order valence-electron chi connectivity index (χ0n) is 20.6. The minimum atomic E-state index is -0.699. The fourth-order valence-corrected chi connectivity index (χ4v) is 4.38. The monoisotopic (exact) mass is 510 g/mol. The Balaban J connectivity index is 2.02. The van der Waals surface area contributed by atoms with Crippen LogP contribution in [0.2, 0.25) is 10.0 Å². The van der Waals surface area contributed by atoms with Gasteiger partial charge in [0.1, 0.15) is 6.04 Å². The van der Waals surface area contributed by atoms with Crippen molar-refractivity contribution in [3.63, 3.8) is 0 Å². The van der Waals surface area contributed by atoms with Gasteiger partial charge in [0.2, 0.25) is 11.8 Å². The average Bonchev–Trinajstić information content (AvgIpc) is 2.78. The van der Waals surface area contributed by atoms with Gasteiger partial charge in [0, 0.05) is 28.5 Å². The summed E-state index contributed by atoms with van der Waals surface area (Å²) in [5.74, 6) is -0.368. The van der Waals surface area contributed by atoms with Gasteiger partial charge in [-0.1, -0.05) is 83.9 Å². The molecule has 0 radical (unpaired) electrons. The van der Waals surface area contributed by atoms with Crippen LogP contribution in [0.5, 0.6) is 0 Å². The highest BCUT2D eigenvalue weighted by Gasteiger charge is 2.32. The number of hydrogen-bond donors (Lipinski definition) is 1. The van der Waals surface area contributed by atoms with Gasteiger partial charge < -0.3 is 10.2 Å². The lowest BCUT2D eigenvalue weighted by Gasteiger charge is -2.34. The van der Waals surface area contributed by atoms with Crippen LogP contribution < -0.4 is 5.32 Å². The van der Waals surface area contributed by atoms with Crippen LogP contribution in [0.25, 0.3) is 0 Å². The number of nitrogens with zero attached hydrogens (tertiary/aromatic N) is 1. The number of halogens is 2. The summed E-state index contributed by atoms with van der Waals surface area (Å²) in [5, 5.41) is 4.02. The van der Waals surface area contributed by atoms with Gasteiger partial charge >= 0.3 is 0 Å². The number of aryl methyl sites for hydroxylation is 1. The van der Waals surface area contributed by atoms with E-state index < -0.39 is 11.6 Å². The summed E-state index contributed by atoms with van der Waals surface area (Å²) in [5.41, 5.74) is 3.26.